The smallest absolute Gasteiger partial charge is 0.313 e. The number of guanidine groups is 1. The fraction of sp³-hybridized carbons (Fsp3) is 0.250. The highest BCUT2D eigenvalue weighted by Gasteiger charge is 2.12. The second-order valence-electron chi connectivity index (χ2n) is 3.02. The molecular weight excluding hydrogens is 212 g/mol. The number of nitrogens with one attached hydrogen (secondary N) is 2. The molecule has 0 fully saturated rings. The van der Waals surface area contributed by atoms with Crippen molar-refractivity contribution in [2.45, 2.75) is 0 Å². The summed E-state index contributed by atoms with van der Waals surface area (Å²) >= 11 is 0. The molecule has 16 heavy (non-hydrogen) atoms. The molecule has 0 radical (unpaired) electrons. The lowest BCUT2D eigenvalue weighted by Gasteiger charge is -2.13. The number of rotatable bonds is 1. The molecule has 0 saturated heterocycles. The summed E-state index contributed by atoms with van der Waals surface area (Å²) in [7, 11) is 0. The van der Waals surface area contributed by atoms with Crippen LogP contribution in [0.15, 0.2) is 39.5 Å². The van der Waals surface area contributed by atoms with E-state index in [1.165, 1.54) is 18.6 Å². The number of hydroxylamine groups is 2. The van der Waals surface area contributed by atoms with Crippen molar-refractivity contribution in [3.63, 3.8) is 0 Å². The van der Waals surface area contributed by atoms with Gasteiger partial charge in [0.2, 0.25) is 5.96 Å². The van der Waals surface area contributed by atoms with Crippen LogP contribution in [0.25, 0.3) is 0 Å². The Bertz CT molecular complexity index is 411. The van der Waals surface area contributed by atoms with Gasteiger partial charge in [-0.1, -0.05) is 0 Å². The normalized spacial score (nSPS) is 19.2. The fourth-order valence-electron chi connectivity index (χ4n) is 1.13. The zero-order valence-corrected chi connectivity index (χ0v) is 8.29. The molecule has 0 atom stereocenters. The summed E-state index contributed by atoms with van der Waals surface area (Å²) in [5.41, 5.74) is 0.132. The predicted molar refractivity (Wildman–Crippen MR) is 54.2 cm³/mol. The monoisotopic (exact) mass is 222 g/mol. The third kappa shape index (κ3) is 2.42. The van der Waals surface area contributed by atoms with Crippen LogP contribution in [0.5, 0.6) is 0 Å². The quantitative estimate of drug-likeness (QED) is 0.521. The van der Waals surface area contributed by atoms with E-state index in [0.29, 0.717) is 19.0 Å². The second-order valence-corrected chi connectivity index (χ2v) is 3.02. The maximum atomic E-state index is 11.5. The zero-order valence-electron chi connectivity index (χ0n) is 8.29. The van der Waals surface area contributed by atoms with Gasteiger partial charge in [0.25, 0.3) is 0 Å². The standard InChI is InChI=1S/C8H10N6O2/c15-7(6-5-14(16)4-3-9-6)12-13-8-10-1-2-11-8/h3-5,9,16H,1-2H2,(H,10,11). The first-order chi connectivity index (χ1) is 7.75. The maximum Gasteiger partial charge on any atom is 0.313 e. The Hall–Kier alpha value is -2.22. The molecule has 0 aliphatic carbocycles. The van der Waals surface area contributed by atoms with E-state index in [2.05, 4.69) is 25.9 Å². The summed E-state index contributed by atoms with van der Waals surface area (Å²) in [6, 6.07) is 0. The number of azo groups is 1. The summed E-state index contributed by atoms with van der Waals surface area (Å²) in [6.07, 6.45) is 3.95. The molecule has 1 amide bonds. The van der Waals surface area contributed by atoms with Crippen molar-refractivity contribution in [3.05, 3.63) is 24.3 Å². The van der Waals surface area contributed by atoms with Gasteiger partial charge in [-0.2, -0.15) is 0 Å². The van der Waals surface area contributed by atoms with Crippen LogP contribution in [0.2, 0.25) is 0 Å². The van der Waals surface area contributed by atoms with Crippen molar-refractivity contribution in [1.29, 1.82) is 0 Å². The lowest BCUT2D eigenvalue weighted by Crippen LogP contribution is -2.22. The Kier molecular flexibility index (Phi) is 2.92. The Balaban J connectivity index is 1.97. The number of amides is 1. The van der Waals surface area contributed by atoms with Crippen LogP contribution in [0.1, 0.15) is 0 Å². The minimum atomic E-state index is -0.584. The van der Waals surface area contributed by atoms with Crippen molar-refractivity contribution in [2.24, 2.45) is 15.2 Å². The molecule has 0 bridgehead atoms. The van der Waals surface area contributed by atoms with Crippen LogP contribution in [-0.2, 0) is 4.79 Å². The van der Waals surface area contributed by atoms with Crippen LogP contribution in [0, 0.1) is 0 Å². The molecule has 8 nitrogen and oxygen atoms in total. The van der Waals surface area contributed by atoms with Crippen molar-refractivity contribution >= 4 is 11.9 Å². The molecule has 8 heteroatoms. The molecule has 0 aromatic carbocycles. The van der Waals surface area contributed by atoms with Crippen LogP contribution < -0.4 is 10.6 Å². The van der Waals surface area contributed by atoms with E-state index in [1.54, 1.807) is 0 Å². The van der Waals surface area contributed by atoms with Crippen molar-refractivity contribution in [1.82, 2.24) is 15.7 Å². The Labute approximate surface area is 91.0 Å². The second kappa shape index (κ2) is 4.53. The average Bonchev–Trinajstić information content (AvgIpc) is 2.78. The fourth-order valence-corrected chi connectivity index (χ4v) is 1.13. The van der Waals surface area contributed by atoms with Gasteiger partial charge in [0.05, 0.1) is 12.7 Å². The van der Waals surface area contributed by atoms with Crippen molar-refractivity contribution < 1.29 is 10.0 Å². The molecule has 2 aliphatic heterocycles. The SMILES string of the molecule is O=C(N=NC1=NCCN1)C1=CN(O)C=CN1. The molecule has 0 saturated carbocycles. The molecular formula is C8H10N6O2. The number of hydrogen-bond acceptors (Lipinski definition) is 7. The Morgan fingerprint density at radius 2 is 2.50 bits per heavy atom. The molecule has 0 aromatic heterocycles. The molecule has 2 heterocycles. The summed E-state index contributed by atoms with van der Waals surface area (Å²) in [5.74, 6) is -0.235. The summed E-state index contributed by atoms with van der Waals surface area (Å²) in [4.78, 5) is 15.4. The lowest BCUT2D eigenvalue weighted by atomic mass is 10.4. The van der Waals surface area contributed by atoms with Crippen molar-refractivity contribution in [2.75, 3.05) is 13.1 Å². The van der Waals surface area contributed by atoms with E-state index in [-0.39, 0.29) is 5.70 Å². The highest BCUT2D eigenvalue weighted by atomic mass is 16.5. The first-order valence-corrected chi connectivity index (χ1v) is 4.62. The molecule has 0 spiro atoms. The van der Waals surface area contributed by atoms with Crippen LogP contribution in [-0.4, -0.2) is 35.2 Å². The third-order valence-electron chi connectivity index (χ3n) is 1.85. The number of aliphatic imine (C=N–C) groups is 1. The summed E-state index contributed by atoms with van der Waals surface area (Å²) in [5, 5.41) is 22.4. The summed E-state index contributed by atoms with van der Waals surface area (Å²) < 4.78 is 0. The number of carbonyl (C=O) groups excluding carboxylic acids is 1. The third-order valence-corrected chi connectivity index (χ3v) is 1.85. The van der Waals surface area contributed by atoms with E-state index >= 15 is 0 Å². The molecule has 0 aromatic rings. The topological polar surface area (TPSA) is 102 Å². The first-order valence-electron chi connectivity index (χ1n) is 4.62. The van der Waals surface area contributed by atoms with Gasteiger partial charge < -0.3 is 10.6 Å². The minimum absolute atomic E-state index is 0.132. The largest absolute Gasteiger partial charge is 0.354 e. The number of hydrogen-bond donors (Lipinski definition) is 3. The minimum Gasteiger partial charge on any atom is -0.354 e. The van der Waals surface area contributed by atoms with E-state index < -0.39 is 5.91 Å². The van der Waals surface area contributed by atoms with Gasteiger partial charge in [-0.05, 0) is 0 Å². The van der Waals surface area contributed by atoms with E-state index in [1.807, 2.05) is 0 Å². The first kappa shape index (κ1) is 10.3. The van der Waals surface area contributed by atoms with Crippen LogP contribution in [0.3, 0.4) is 0 Å². The Morgan fingerprint density at radius 1 is 1.62 bits per heavy atom. The molecule has 2 aliphatic rings. The maximum absolute atomic E-state index is 11.5. The molecule has 3 N–H and O–H groups in total. The highest BCUT2D eigenvalue weighted by Crippen LogP contribution is 2.02. The van der Waals surface area contributed by atoms with Gasteiger partial charge in [-0.25, -0.2) is 10.1 Å². The van der Waals surface area contributed by atoms with Gasteiger partial charge in [0.15, 0.2) is 0 Å². The van der Waals surface area contributed by atoms with E-state index in [0.717, 1.165) is 5.06 Å². The highest BCUT2D eigenvalue weighted by molar-refractivity contribution is 5.94. The van der Waals surface area contributed by atoms with Crippen LogP contribution >= 0.6 is 0 Å². The molecule has 0 unspecified atom stereocenters. The molecule has 2 rings (SSSR count). The van der Waals surface area contributed by atoms with E-state index in [4.69, 9.17) is 5.21 Å². The van der Waals surface area contributed by atoms with Gasteiger partial charge in [-0.3, -0.25) is 10.0 Å². The summed E-state index contributed by atoms with van der Waals surface area (Å²) in [6.45, 7) is 1.34. The zero-order chi connectivity index (χ0) is 11.4. The number of nitrogens with zero attached hydrogens (tertiary/aromatic N) is 4. The van der Waals surface area contributed by atoms with Crippen LogP contribution in [0.4, 0.5) is 0 Å². The number of carbonyl (C=O) groups is 1. The van der Waals surface area contributed by atoms with Gasteiger partial charge in [0.1, 0.15) is 5.70 Å². The molecule has 84 valence electrons. The van der Waals surface area contributed by atoms with Crippen molar-refractivity contribution in [3.8, 4) is 0 Å². The predicted octanol–water partition coefficient (Wildman–Crippen LogP) is -0.469. The average molecular weight is 222 g/mol. The van der Waals surface area contributed by atoms with Gasteiger partial charge >= 0.3 is 5.91 Å². The lowest BCUT2D eigenvalue weighted by molar-refractivity contribution is -0.115. The van der Waals surface area contributed by atoms with Gasteiger partial charge in [-0.15, -0.1) is 10.2 Å². The van der Waals surface area contributed by atoms with Gasteiger partial charge in [0, 0.05) is 18.9 Å². The van der Waals surface area contributed by atoms with E-state index in [9.17, 15) is 4.79 Å². The Morgan fingerprint density at radius 3 is 3.19 bits per heavy atom.